The second kappa shape index (κ2) is 6.84. The van der Waals surface area contributed by atoms with Gasteiger partial charge in [0.15, 0.2) is 0 Å². The van der Waals surface area contributed by atoms with Crippen LogP contribution in [0.1, 0.15) is 44.8 Å². The molecule has 0 aliphatic heterocycles. The number of aliphatic hydroxyl groups is 1. The highest BCUT2D eigenvalue weighted by Gasteiger charge is 2.52. The van der Waals surface area contributed by atoms with Crippen molar-refractivity contribution < 1.29 is 18.6 Å². The Kier molecular flexibility index (Phi) is 5.93. The molecule has 0 aromatic carbocycles. The lowest BCUT2D eigenvalue weighted by atomic mass is 9.77. The van der Waals surface area contributed by atoms with Crippen molar-refractivity contribution in [3.63, 3.8) is 0 Å². The normalized spacial score (nSPS) is 26.4. The van der Waals surface area contributed by atoms with Crippen LogP contribution in [0.5, 0.6) is 0 Å². The van der Waals surface area contributed by atoms with Crippen molar-refractivity contribution in [2.75, 3.05) is 12.9 Å². The fourth-order valence-corrected chi connectivity index (χ4v) is 3.92. The monoisotopic (exact) mass is 309 g/mol. The first-order valence-corrected chi connectivity index (χ1v) is 8.68. The molecule has 1 aromatic rings. The van der Waals surface area contributed by atoms with E-state index in [0.717, 1.165) is 0 Å². The molecule has 0 radical (unpaired) electrons. The predicted octanol–water partition coefficient (Wildman–Crippen LogP) is 2.61. The third-order valence-corrected chi connectivity index (χ3v) is 5.86. The number of nitrogens with zero attached hydrogens (tertiary/aromatic N) is 3. The molecule has 0 bridgehead atoms. The van der Waals surface area contributed by atoms with E-state index in [-0.39, 0.29) is 19.1 Å². The van der Waals surface area contributed by atoms with E-state index in [9.17, 15) is 13.5 Å². The maximum Gasteiger partial charge on any atom is 0.108 e. The maximum atomic E-state index is 12.6. The summed E-state index contributed by atoms with van der Waals surface area (Å²) in [4.78, 5) is 0. The lowest BCUT2D eigenvalue weighted by Crippen LogP contribution is -2.48. The van der Waals surface area contributed by atoms with Crippen LogP contribution < -0.4 is 0 Å². The molecule has 6 nitrogen and oxygen atoms in total. The van der Waals surface area contributed by atoms with E-state index in [4.69, 9.17) is 5.11 Å². The molecular weight excluding hydrogens is 285 g/mol. The summed E-state index contributed by atoms with van der Waals surface area (Å²) in [5.41, 5.74) is 0.473. The van der Waals surface area contributed by atoms with E-state index in [1.165, 1.54) is 6.26 Å². The van der Waals surface area contributed by atoms with Gasteiger partial charge in [-0.1, -0.05) is 19.1 Å². The van der Waals surface area contributed by atoms with Gasteiger partial charge in [0, 0.05) is 6.26 Å². The SMILES string of the molecule is CC.CS(O)(O)C1(CCF)CC(n2cc(CO)nn2)C1. The van der Waals surface area contributed by atoms with E-state index in [1.807, 2.05) is 13.8 Å². The summed E-state index contributed by atoms with van der Waals surface area (Å²) in [7, 11) is -2.78. The second-order valence-electron chi connectivity index (χ2n) is 4.87. The van der Waals surface area contributed by atoms with Crippen LogP contribution in [0.25, 0.3) is 0 Å². The van der Waals surface area contributed by atoms with Gasteiger partial charge in [-0.25, -0.2) is 4.68 Å². The summed E-state index contributed by atoms with van der Waals surface area (Å²) in [6.07, 6.45) is 4.11. The van der Waals surface area contributed by atoms with Gasteiger partial charge in [0.1, 0.15) is 5.69 Å². The Hall–Kier alpha value is -0.700. The second-order valence-corrected chi connectivity index (χ2v) is 7.40. The van der Waals surface area contributed by atoms with Gasteiger partial charge in [0.25, 0.3) is 0 Å². The minimum Gasteiger partial charge on any atom is -0.390 e. The molecule has 2 rings (SSSR count). The molecule has 0 unspecified atom stereocenters. The predicted molar refractivity (Wildman–Crippen MR) is 77.7 cm³/mol. The van der Waals surface area contributed by atoms with Crippen molar-refractivity contribution in [3.05, 3.63) is 11.9 Å². The molecule has 8 heteroatoms. The van der Waals surface area contributed by atoms with E-state index in [2.05, 4.69) is 10.3 Å². The molecule has 1 aliphatic carbocycles. The molecule has 0 spiro atoms. The first kappa shape index (κ1) is 17.4. The van der Waals surface area contributed by atoms with E-state index >= 15 is 0 Å². The van der Waals surface area contributed by atoms with Gasteiger partial charge in [0.2, 0.25) is 0 Å². The van der Waals surface area contributed by atoms with Crippen molar-refractivity contribution in [2.45, 2.75) is 50.5 Å². The molecule has 1 aliphatic rings. The topological polar surface area (TPSA) is 91.4 Å². The number of alkyl halides is 1. The summed E-state index contributed by atoms with van der Waals surface area (Å²) >= 11 is 0. The fourth-order valence-electron chi connectivity index (χ4n) is 2.44. The first-order valence-electron chi connectivity index (χ1n) is 6.72. The standard InChI is InChI=1S/C10H18FN3O3S.C2H6/c1-18(16,17)10(2-3-11)4-9(5-10)14-6-8(7-15)12-13-14;1-2/h6,9,15-17H,2-5,7H2,1H3;1-2H3. The van der Waals surface area contributed by atoms with Crippen LogP contribution in [-0.4, -0.2) is 46.9 Å². The molecule has 0 amide bonds. The van der Waals surface area contributed by atoms with E-state index < -0.39 is 22.0 Å². The highest BCUT2D eigenvalue weighted by molar-refractivity contribution is 8.24. The number of hydrogen-bond donors (Lipinski definition) is 3. The summed E-state index contributed by atoms with van der Waals surface area (Å²) in [5.74, 6) is 0. The Morgan fingerprint density at radius 1 is 1.45 bits per heavy atom. The average Bonchev–Trinajstić information content (AvgIpc) is 2.82. The Labute approximate surface area is 120 Å². The molecule has 118 valence electrons. The van der Waals surface area contributed by atoms with Gasteiger partial charge in [-0.2, -0.15) is 10.6 Å². The quantitative estimate of drug-likeness (QED) is 0.777. The summed E-state index contributed by atoms with van der Waals surface area (Å²) < 4.78 is 33.1. The average molecular weight is 309 g/mol. The number of hydrogen-bond acceptors (Lipinski definition) is 5. The molecule has 1 fully saturated rings. The van der Waals surface area contributed by atoms with E-state index in [0.29, 0.717) is 18.5 Å². The van der Waals surface area contributed by atoms with Gasteiger partial charge in [-0.3, -0.25) is 13.5 Å². The molecule has 1 saturated carbocycles. The molecule has 20 heavy (non-hydrogen) atoms. The zero-order valence-electron chi connectivity index (χ0n) is 12.2. The number of aliphatic hydroxyl groups excluding tert-OH is 1. The van der Waals surface area contributed by atoms with Gasteiger partial charge in [0.05, 0.1) is 30.3 Å². The minimum atomic E-state index is -2.78. The molecule has 1 heterocycles. The van der Waals surface area contributed by atoms with Gasteiger partial charge >= 0.3 is 0 Å². The Morgan fingerprint density at radius 2 is 2.05 bits per heavy atom. The van der Waals surface area contributed by atoms with Gasteiger partial charge in [-0.15, -0.1) is 5.10 Å². The van der Waals surface area contributed by atoms with Crippen molar-refractivity contribution in [3.8, 4) is 0 Å². The van der Waals surface area contributed by atoms with Crippen LogP contribution in [0.2, 0.25) is 0 Å². The number of halogens is 1. The molecule has 1 aromatic heterocycles. The van der Waals surface area contributed by atoms with Crippen LogP contribution in [0.3, 0.4) is 0 Å². The smallest absolute Gasteiger partial charge is 0.108 e. The zero-order chi connectivity index (χ0) is 15.4. The van der Waals surface area contributed by atoms with E-state index in [1.54, 1.807) is 10.9 Å². The van der Waals surface area contributed by atoms with Crippen LogP contribution >= 0.6 is 10.6 Å². The lowest BCUT2D eigenvalue weighted by molar-refractivity contribution is 0.170. The number of rotatable bonds is 5. The van der Waals surface area contributed by atoms with Crippen LogP contribution in [0.4, 0.5) is 4.39 Å². The largest absolute Gasteiger partial charge is 0.390 e. The molecule has 0 saturated heterocycles. The van der Waals surface area contributed by atoms with Crippen LogP contribution in [0.15, 0.2) is 6.20 Å². The Morgan fingerprint density at radius 3 is 2.45 bits per heavy atom. The molecule has 0 atom stereocenters. The molecular formula is C12H24FN3O3S. The summed E-state index contributed by atoms with van der Waals surface area (Å²) in [5, 5.41) is 16.5. The fraction of sp³-hybridized carbons (Fsp3) is 0.833. The Bertz CT molecular complexity index is 416. The molecule has 3 N–H and O–H groups in total. The van der Waals surface area contributed by atoms with Gasteiger partial charge < -0.3 is 5.11 Å². The van der Waals surface area contributed by atoms with Gasteiger partial charge in [-0.05, 0) is 19.3 Å². The minimum absolute atomic E-state index is 0.00419. The summed E-state index contributed by atoms with van der Waals surface area (Å²) in [6.45, 7) is 3.26. The highest BCUT2D eigenvalue weighted by Crippen LogP contribution is 2.64. The third kappa shape index (κ3) is 3.30. The van der Waals surface area contributed by atoms with Crippen molar-refractivity contribution >= 4 is 10.6 Å². The summed E-state index contributed by atoms with van der Waals surface area (Å²) in [6, 6.07) is -0.00419. The Balaban J connectivity index is 0.000000956. The van der Waals surface area contributed by atoms with Crippen molar-refractivity contribution in [1.82, 2.24) is 15.0 Å². The van der Waals surface area contributed by atoms with Crippen molar-refractivity contribution in [1.29, 1.82) is 0 Å². The van der Waals surface area contributed by atoms with Crippen LogP contribution in [0, 0.1) is 0 Å². The first-order chi connectivity index (χ1) is 9.42. The highest BCUT2D eigenvalue weighted by atomic mass is 32.3. The van der Waals surface area contributed by atoms with Crippen LogP contribution in [-0.2, 0) is 6.61 Å². The maximum absolute atomic E-state index is 12.6. The third-order valence-electron chi connectivity index (χ3n) is 3.68. The van der Waals surface area contributed by atoms with Crippen molar-refractivity contribution in [2.24, 2.45) is 0 Å². The number of aromatic nitrogens is 3. The lowest BCUT2D eigenvalue weighted by Gasteiger charge is -2.57. The zero-order valence-corrected chi connectivity index (χ0v) is 13.0.